The molecule has 2 atom stereocenters. The number of hydrogen-bond donors (Lipinski definition) is 2. The summed E-state index contributed by atoms with van der Waals surface area (Å²) < 4.78 is 0. The lowest BCUT2D eigenvalue weighted by molar-refractivity contribution is -0.119. The molecule has 0 radical (unpaired) electrons. The zero-order valence-corrected chi connectivity index (χ0v) is 13.9. The van der Waals surface area contributed by atoms with Crippen LogP contribution in [-0.4, -0.2) is 11.8 Å². The lowest BCUT2D eigenvalue weighted by Gasteiger charge is -2.13. The number of nitrogens with one attached hydrogen (secondary N) is 2. The monoisotopic (exact) mass is 322 g/mol. The van der Waals surface area contributed by atoms with Crippen molar-refractivity contribution in [2.45, 2.75) is 25.9 Å². The first kappa shape index (κ1) is 17.5. The van der Waals surface area contributed by atoms with Crippen molar-refractivity contribution >= 4 is 11.8 Å². The Balaban J connectivity index is 1.83. The van der Waals surface area contributed by atoms with Gasteiger partial charge in [-0.3, -0.25) is 9.59 Å². The van der Waals surface area contributed by atoms with E-state index < -0.39 is 0 Å². The lowest BCUT2D eigenvalue weighted by atomic mass is 10.1. The molecular formula is C20H22N2O2. The Bertz CT molecular complexity index is 635. The van der Waals surface area contributed by atoms with E-state index in [1.807, 2.05) is 74.5 Å². The number of amides is 2. The molecule has 0 saturated carbocycles. The Hall–Kier alpha value is -2.88. The van der Waals surface area contributed by atoms with E-state index in [-0.39, 0.29) is 23.9 Å². The van der Waals surface area contributed by atoms with Crippen LogP contribution in [0, 0.1) is 0 Å². The highest BCUT2D eigenvalue weighted by molar-refractivity contribution is 5.96. The quantitative estimate of drug-likeness (QED) is 0.802. The van der Waals surface area contributed by atoms with E-state index in [9.17, 15) is 9.59 Å². The van der Waals surface area contributed by atoms with Crippen LogP contribution in [0.25, 0.3) is 0 Å². The van der Waals surface area contributed by atoms with E-state index in [0.717, 1.165) is 11.1 Å². The molecule has 0 aliphatic carbocycles. The third-order valence-corrected chi connectivity index (χ3v) is 3.70. The Labute approximate surface area is 142 Å². The van der Waals surface area contributed by atoms with Gasteiger partial charge in [-0.1, -0.05) is 60.7 Å². The summed E-state index contributed by atoms with van der Waals surface area (Å²) in [6.07, 6.45) is 2.51. The van der Waals surface area contributed by atoms with E-state index >= 15 is 0 Å². The molecule has 2 aromatic carbocycles. The Morgan fingerprint density at radius 2 is 1.04 bits per heavy atom. The molecule has 2 rings (SSSR count). The Kier molecular flexibility index (Phi) is 6.32. The standard InChI is InChI=1S/C20H22N2O2/c1-15(17-9-5-3-6-10-17)21-19(23)13-14-20(24)22-16(2)18-11-7-4-8-12-18/h3-16H,1-2H3,(H,21,23)(H,22,24)/b14-13+/t15-,16-/m0/s1. The van der Waals surface area contributed by atoms with Gasteiger partial charge in [0, 0.05) is 12.2 Å². The van der Waals surface area contributed by atoms with Gasteiger partial charge in [-0.05, 0) is 25.0 Å². The van der Waals surface area contributed by atoms with Gasteiger partial charge < -0.3 is 10.6 Å². The molecule has 0 spiro atoms. The molecule has 0 aliphatic rings. The summed E-state index contributed by atoms with van der Waals surface area (Å²) in [7, 11) is 0. The van der Waals surface area contributed by atoms with Gasteiger partial charge in [0.05, 0.1) is 12.1 Å². The van der Waals surface area contributed by atoms with E-state index in [2.05, 4.69) is 10.6 Å². The maximum Gasteiger partial charge on any atom is 0.244 e. The summed E-state index contributed by atoms with van der Waals surface area (Å²) >= 11 is 0. The van der Waals surface area contributed by atoms with Gasteiger partial charge >= 0.3 is 0 Å². The Morgan fingerprint density at radius 1 is 0.708 bits per heavy atom. The molecule has 24 heavy (non-hydrogen) atoms. The number of carbonyl (C=O) groups excluding carboxylic acids is 2. The molecule has 0 heterocycles. The fourth-order valence-electron chi connectivity index (χ4n) is 2.32. The first-order valence-corrected chi connectivity index (χ1v) is 7.95. The van der Waals surface area contributed by atoms with Crippen LogP contribution >= 0.6 is 0 Å². The predicted molar refractivity (Wildman–Crippen MR) is 95.1 cm³/mol. The molecule has 124 valence electrons. The van der Waals surface area contributed by atoms with E-state index in [1.54, 1.807) is 0 Å². The minimum Gasteiger partial charge on any atom is -0.346 e. The van der Waals surface area contributed by atoms with Gasteiger partial charge in [0.15, 0.2) is 0 Å². The third-order valence-electron chi connectivity index (χ3n) is 3.70. The lowest BCUT2D eigenvalue weighted by Crippen LogP contribution is -2.27. The van der Waals surface area contributed by atoms with Crippen LogP contribution in [0.15, 0.2) is 72.8 Å². The average Bonchev–Trinajstić information content (AvgIpc) is 2.61. The molecule has 0 aliphatic heterocycles. The molecule has 0 unspecified atom stereocenters. The van der Waals surface area contributed by atoms with Crippen molar-refractivity contribution in [3.05, 3.63) is 83.9 Å². The second-order valence-electron chi connectivity index (χ2n) is 5.62. The largest absolute Gasteiger partial charge is 0.346 e. The van der Waals surface area contributed by atoms with Crippen LogP contribution in [-0.2, 0) is 9.59 Å². The molecule has 0 fully saturated rings. The van der Waals surface area contributed by atoms with Gasteiger partial charge in [0.25, 0.3) is 0 Å². The minimum atomic E-state index is -0.297. The van der Waals surface area contributed by atoms with Crippen LogP contribution in [0.3, 0.4) is 0 Å². The second-order valence-corrected chi connectivity index (χ2v) is 5.62. The SMILES string of the molecule is C[C@H](NC(=O)/C=C/C(=O)N[C@@H](C)c1ccccc1)c1ccccc1. The van der Waals surface area contributed by atoms with Crippen molar-refractivity contribution in [3.63, 3.8) is 0 Å². The number of rotatable bonds is 6. The fraction of sp³-hybridized carbons (Fsp3) is 0.200. The van der Waals surface area contributed by atoms with Crippen LogP contribution in [0.2, 0.25) is 0 Å². The van der Waals surface area contributed by atoms with E-state index in [0.29, 0.717) is 0 Å². The normalized spacial score (nSPS) is 13.2. The summed E-state index contributed by atoms with van der Waals surface area (Å²) in [5.41, 5.74) is 2.03. The molecule has 4 nitrogen and oxygen atoms in total. The van der Waals surface area contributed by atoms with Gasteiger partial charge in [0.2, 0.25) is 11.8 Å². The van der Waals surface area contributed by atoms with Gasteiger partial charge in [-0.15, -0.1) is 0 Å². The highest BCUT2D eigenvalue weighted by Crippen LogP contribution is 2.11. The molecule has 0 aromatic heterocycles. The topological polar surface area (TPSA) is 58.2 Å². The molecule has 2 aromatic rings. The zero-order valence-electron chi connectivity index (χ0n) is 13.9. The fourth-order valence-corrected chi connectivity index (χ4v) is 2.32. The van der Waals surface area contributed by atoms with Gasteiger partial charge in [0.1, 0.15) is 0 Å². The van der Waals surface area contributed by atoms with Crippen molar-refractivity contribution in [2.24, 2.45) is 0 Å². The molecule has 4 heteroatoms. The first-order valence-electron chi connectivity index (χ1n) is 7.95. The number of carbonyl (C=O) groups is 2. The number of hydrogen-bond acceptors (Lipinski definition) is 2. The van der Waals surface area contributed by atoms with E-state index in [4.69, 9.17) is 0 Å². The third kappa shape index (κ3) is 5.39. The zero-order chi connectivity index (χ0) is 17.4. The van der Waals surface area contributed by atoms with Gasteiger partial charge in [-0.25, -0.2) is 0 Å². The van der Waals surface area contributed by atoms with Crippen molar-refractivity contribution < 1.29 is 9.59 Å². The van der Waals surface area contributed by atoms with Crippen LogP contribution in [0.4, 0.5) is 0 Å². The minimum absolute atomic E-state index is 0.116. The summed E-state index contributed by atoms with van der Waals surface area (Å²) in [6, 6.07) is 19.1. The van der Waals surface area contributed by atoms with Crippen molar-refractivity contribution in [1.82, 2.24) is 10.6 Å². The molecular weight excluding hydrogens is 300 g/mol. The smallest absolute Gasteiger partial charge is 0.244 e. The summed E-state index contributed by atoms with van der Waals surface area (Å²) in [4.78, 5) is 23.8. The molecule has 2 N–H and O–H groups in total. The Morgan fingerprint density at radius 3 is 1.38 bits per heavy atom. The van der Waals surface area contributed by atoms with E-state index in [1.165, 1.54) is 12.2 Å². The maximum atomic E-state index is 11.9. The number of benzene rings is 2. The van der Waals surface area contributed by atoms with Crippen LogP contribution < -0.4 is 10.6 Å². The predicted octanol–water partition coefficient (Wildman–Crippen LogP) is 3.30. The molecule has 2 amide bonds. The summed E-state index contributed by atoms with van der Waals surface area (Å²) in [6.45, 7) is 3.80. The van der Waals surface area contributed by atoms with Crippen LogP contribution in [0.1, 0.15) is 37.1 Å². The summed E-state index contributed by atoms with van der Waals surface area (Å²) in [5.74, 6) is -0.595. The average molecular weight is 322 g/mol. The maximum absolute atomic E-state index is 11.9. The second kappa shape index (κ2) is 8.67. The van der Waals surface area contributed by atoms with Crippen molar-refractivity contribution in [2.75, 3.05) is 0 Å². The highest BCUT2D eigenvalue weighted by Gasteiger charge is 2.09. The summed E-state index contributed by atoms with van der Waals surface area (Å²) in [5, 5.41) is 5.66. The van der Waals surface area contributed by atoms with Crippen LogP contribution in [0.5, 0.6) is 0 Å². The first-order chi connectivity index (χ1) is 11.6. The molecule has 0 saturated heterocycles. The highest BCUT2D eigenvalue weighted by atomic mass is 16.2. The molecule has 0 bridgehead atoms. The van der Waals surface area contributed by atoms with Crippen molar-refractivity contribution in [3.8, 4) is 0 Å². The van der Waals surface area contributed by atoms with Crippen molar-refractivity contribution in [1.29, 1.82) is 0 Å². The van der Waals surface area contributed by atoms with Gasteiger partial charge in [-0.2, -0.15) is 0 Å².